The molecule has 0 unspecified atom stereocenters. The molecule has 0 bridgehead atoms. The Hall–Kier alpha value is -2.26. The maximum Gasteiger partial charge on any atom is 0.336 e. The molecule has 9 heteroatoms. The molecule has 0 radical (unpaired) electrons. The van der Waals surface area contributed by atoms with Gasteiger partial charge >= 0.3 is 5.97 Å². The minimum atomic E-state index is -1.45. The summed E-state index contributed by atoms with van der Waals surface area (Å²) in [7, 11) is 3.09. The third kappa shape index (κ3) is 2.42. The quantitative estimate of drug-likeness (QED) is 0.680. The maximum atomic E-state index is 13.1. The van der Waals surface area contributed by atoms with Crippen LogP contribution in [0.25, 0.3) is 11.3 Å². The average molecular weight is 449 g/mol. The zero-order valence-corrected chi connectivity index (χ0v) is 19.3. The summed E-state index contributed by atoms with van der Waals surface area (Å²) in [5.74, 6) is 0.465. The van der Waals surface area contributed by atoms with Crippen LogP contribution >= 0.6 is 24.0 Å². The van der Waals surface area contributed by atoms with Crippen molar-refractivity contribution in [3.8, 4) is 22.8 Å². The van der Waals surface area contributed by atoms with E-state index >= 15 is 0 Å². The molecule has 2 saturated heterocycles. The zero-order valence-electron chi connectivity index (χ0n) is 17.7. The summed E-state index contributed by atoms with van der Waals surface area (Å²) >= 11 is 7.26. The van der Waals surface area contributed by atoms with E-state index in [1.54, 1.807) is 51.1 Å². The largest absolute Gasteiger partial charge is 0.496 e. The molecule has 0 spiro atoms. The molecule has 2 aromatic rings. The second kappa shape index (κ2) is 6.88. The maximum absolute atomic E-state index is 13.1. The van der Waals surface area contributed by atoms with Gasteiger partial charge in [-0.3, -0.25) is 0 Å². The molecular formula is C21H24N2O5S2. The summed E-state index contributed by atoms with van der Waals surface area (Å²) in [6.07, 6.45) is 0. The van der Waals surface area contributed by atoms with Crippen molar-refractivity contribution in [2.24, 2.45) is 5.92 Å². The van der Waals surface area contributed by atoms with Gasteiger partial charge in [-0.25, -0.2) is 4.79 Å². The van der Waals surface area contributed by atoms with E-state index in [9.17, 15) is 9.90 Å². The minimum absolute atomic E-state index is 0.0229. The first-order valence-electron chi connectivity index (χ1n) is 9.56. The van der Waals surface area contributed by atoms with Crippen molar-refractivity contribution >= 4 is 34.9 Å². The van der Waals surface area contributed by atoms with E-state index in [0.717, 1.165) is 0 Å². The summed E-state index contributed by atoms with van der Waals surface area (Å²) < 4.78 is 16.2. The second-order valence-corrected chi connectivity index (χ2v) is 10.2. The number of carboxylic acids is 1. The van der Waals surface area contributed by atoms with Gasteiger partial charge in [0, 0.05) is 5.92 Å². The van der Waals surface area contributed by atoms with E-state index in [1.165, 1.54) is 0 Å². The first-order chi connectivity index (χ1) is 14.1. The normalized spacial score (nSPS) is 26.9. The summed E-state index contributed by atoms with van der Waals surface area (Å²) in [6.45, 7) is 7.68. The highest BCUT2D eigenvalue weighted by Crippen LogP contribution is 2.65. The van der Waals surface area contributed by atoms with E-state index in [0.29, 0.717) is 39.1 Å². The SMILES string of the molecule is COc1cccc(OC)c1-c1onc(C)c1[C@@]1(C(=O)O)N2C(=S)[C@@H](C)[C@H]2SC1(C)C. The predicted octanol–water partition coefficient (Wildman–Crippen LogP) is 4.08. The van der Waals surface area contributed by atoms with Gasteiger partial charge in [-0.15, -0.1) is 11.8 Å². The Balaban J connectivity index is 2.07. The number of carboxylic acid groups (broad SMARTS) is 1. The lowest BCUT2D eigenvalue weighted by atomic mass is 9.73. The summed E-state index contributed by atoms with van der Waals surface area (Å²) in [5, 5.41) is 14.9. The number of nitrogens with zero attached hydrogens (tertiary/aromatic N) is 2. The number of hydrogen-bond acceptors (Lipinski definition) is 7. The third-order valence-electron chi connectivity index (χ3n) is 6.15. The molecule has 2 aliphatic rings. The Labute approximate surface area is 184 Å². The van der Waals surface area contributed by atoms with Gasteiger partial charge < -0.3 is 24.0 Å². The van der Waals surface area contributed by atoms with Crippen molar-refractivity contribution < 1.29 is 23.9 Å². The number of hydrogen-bond donors (Lipinski definition) is 1. The molecule has 1 aromatic heterocycles. The lowest BCUT2D eigenvalue weighted by Gasteiger charge is -2.51. The number of fused-ring (bicyclic) bond motifs is 1. The molecule has 4 rings (SSSR count). The second-order valence-electron chi connectivity index (χ2n) is 8.04. The summed E-state index contributed by atoms with van der Waals surface area (Å²) in [5.41, 5.74) is 0.0589. The van der Waals surface area contributed by atoms with Gasteiger partial charge in [-0.2, -0.15) is 0 Å². The first kappa shape index (κ1) is 21.0. The van der Waals surface area contributed by atoms with E-state index in [2.05, 4.69) is 5.16 Å². The number of methoxy groups -OCH3 is 2. The lowest BCUT2D eigenvalue weighted by molar-refractivity contribution is -0.152. The minimum Gasteiger partial charge on any atom is -0.496 e. The molecule has 2 aliphatic heterocycles. The molecule has 30 heavy (non-hydrogen) atoms. The van der Waals surface area contributed by atoms with Crippen LogP contribution < -0.4 is 9.47 Å². The molecule has 1 aromatic carbocycles. The van der Waals surface area contributed by atoms with Crippen LogP contribution in [-0.2, 0) is 10.3 Å². The Morgan fingerprint density at radius 2 is 1.90 bits per heavy atom. The van der Waals surface area contributed by atoms with Gasteiger partial charge in [-0.05, 0) is 32.9 Å². The van der Waals surface area contributed by atoms with E-state index in [1.807, 2.05) is 25.7 Å². The lowest BCUT2D eigenvalue weighted by Crippen LogP contribution is -2.67. The standard InChI is InChI=1S/C21H24N2O5S2/c1-10-17(29)23-18(10)30-20(3,4)21(23,19(24)25)15-11(2)22-28-16(15)14-12(26-5)8-7-9-13(14)27-6/h7-10,18H,1-6H3,(H,24,25)/t10-,18-,21+/m1/s1. The van der Waals surface area contributed by atoms with Gasteiger partial charge in [0.15, 0.2) is 11.3 Å². The molecule has 160 valence electrons. The van der Waals surface area contributed by atoms with Crippen molar-refractivity contribution in [1.29, 1.82) is 0 Å². The zero-order chi connectivity index (χ0) is 22.0. The fourth-order valence-corrected chi connectivity index (χ4v) is 7.03. The van der Waals surface area contributed by atoms with Crippen molar-refractivity contribution in [3.05, 3.63) is 29.5 Å². The van der Waals surface area contributed by atoms with E-state index < -0.39 is 16.3 Å². The summed E-state index contributed by atoms with van der Waals surface area (Å²) in [4.78, 5) is 15.6. The van der Waals surface area contributed by atoms with Crippen LogP contribution in [-0.4, -0.2) is 50.5 Å². The number of thioether (sulfide) groups is 1. The topological polar surface area (TPSA) is 85.0 Å². The summed E-state index contributed by atoms with van der Waals surface area (Å²) in [6, 6.07) is 5.36. The van der Waals surface area contributed by atoms with Crippen LogP contribution in [0, 0.1) is 12.8 Å². The fraction of sp³-hybridized carbons (Fsp3) is 0.476. The van der Waals surface area contributed by atoms with Crippen LogP contribution in [0.4, 0.5) is 0 Å². The molecule has 1 N–H and O–H groups in total. The van der Waals surface area contributed by atoms with Crippen LogP contribution in [0.3, 0.4) is 0 Å². The van der Waals surface area contributed by atoms with Crippen molar-refractivity contribution in [1.82, 2.24) is 10.1 Å². The number of thiocarbonyl (C=S) groups is 1. The van der Waals surface area contributed by atoms with Gasteiger partial charge in [-0.1, -0.05) is 30.4 Å². The first-order valence-corrected chi connectivity index (χ1v) is 10.8. The molecule has 7 nitrogen and oxygen atoms in total. The van der Waals surface area contributed by atoms with Gasteiger partial charge in [0.05, 0.1) is 40.6 Å². The Morgan fingerprint density at radius 1 is 1.30 bits per heavy atom. The third-order valence-corrected chi connectivity index (χ3v) is 8.46. The molecule has 0 amide bonds. The van der Waals surface area contributed by atoms with Crippen LogP contribution in [0.15, 0.2) is 22.7 Å². The molecule has 2 fully saturated rings. The Morgan fingerprint density at radius 3 is 2.43 bits per heavy atom. The number of benzene rings is 1. The number of aliphatic carboxylic acids is 1. The highest BCUT2D eigenvalue weighted by atomic mass is 32.2. The number of aromatic nitrogens is 1. The van der Waals surface area contributed by atoms with E-state index in [-0.39, 0.29) is 11.3 Å². The number of aryl methyl sites for hydroxylation is 1. The van der Waals surface area contributed by atoms with Gasteiger partial charge in [0.2, 0.25) is 0 Å². The van der Waals surface area contributed by atoms with Crippen LogP contribution in [0.2, 0.25) is 0 Å². The van der Waals surface area contributed by atoms with Crippen molar-refractivity contribution in [2.75, 3.05) is 14.2 Å². The van der Waals surface area contributed by atoms with Gasteiger partial charge in [0.1, 0.15) is 17.1 Å². The Kier molecular flexibility index (Phi) is 4.81. The molecule has 3 heterocycles. The fourth-order valence-electron chi connectivity index (χ4n) is 4.73. The molecular weight excluding hydrogens is 424 g/mol. The smallest absolute Gasteiger partial charge is 0.336 e. The number of rotatable bonds is 5. The van der Waals surface area contributed by atoms with Crippen molar-refractivity contribution in [3.63, 3.8) is 0 Å². The average Bonchev–Trinajstić information content (AvgIpc) is 3.19. The van der Waals surface area contributed by atoms with E-state index in [4.69, 9.17) is 26.2 Å². The van der Waals surface area contributed by atoms with Gasteiger partial charge in [0.25, 0.3) is 0 Å². The highest BCUT2D eigenvalue weighted by Gasteiger charge is 2.72. The highest BCUT2D eigenvalue weighted by molar-refractivity contribution is 8.01. The molecule has 3 atom stereocenters. The number of carbonyl (C=O) groups is 1. The number of ether oxygens (including phenoxy) is 2. The van der Waals surface area contributed by atoms with Crippen LogP contribution in [0.1, 0.15) is 32.0 Å². The van der Waals surface area contributed by atoms with Crippen LogP contribution in [0.5, 0.6) is 11.5 Å². The molecule has 0 aliphatic carbocycles. The Bertz CT molecular complexity index is 1030. The monoisotopic (exact) mass is 448 g/mol. The predicted molar refractivity (Wildman–Crippen MR) is 118 cm³/mol. The van der Waals surface area contributed by atoms with Crippen molar-refractivity contribution in [2.45, 2.75) is 43.4 Å². The molecule has 0 saturated carbocycles.